The highest BCUT2D eigenvalue weighted by molar-refractivity contribution is 5.96. The molecule has 2 rings (SSSR count). The van der Waals surface area contributed by atoms with Crippen LogP contribution in [0.15, 0.2) is 42.7 Å². The average Bonchev–Trinajstić information content (AvgIpc) is 2.48. The third-order valence-electron chi connectivity index (χ3n) is 3.58. The number of anilines is 1. The van der Waals surface area contributed by atoms with E-state index in [1.54, 1.807) is 36.5 Å². The molecule has 2 N–H and O–H groups in total. The summed E-state index contributed by atoms with van der Waals surface area (Å²) in [5.74, 6) is -0.0286. The Bertz CT molecular complexity index is 616. The smallest absolute Gasteiger partial charge is 0.254 e. The highest BCUT2D eigenvalue weighted by atomic mass is 35.5. The summed E-state index contributed by atoms with van der Waals surface area (Å²) < 4.78 is 0. The van der Waals surface area contributed by atoms with Gasteiger partial charge in [0.05, 0.1) is 6.04 Å². The van der Waals surface area contributed by atoms with Crippen molar-refractivity contribution in [1.29, 1.82) is 0 Å². The van der Waals surface area contributed by atoms with E-state index in [4.69, 9.17) is 5.73 Å². The number of aromatic nitrogens is 1. The lowest BCUT2D eigenvalue weighted by atomic mass is 10.0. The molecule has 0 saturated carbocycles. The van der Waals surface area contributed by atoms with Crippen LogP contribution in [-0.4, -0.2) is 22.8 Å². The number of carbonyl (C=O) groups is 1. The summed E-state index contributed by atoms with van der Waals surface area (Å²) in [5.41, 5.74) is 9.00. The van der Waals surface area contributed by atoms with Gasteiger partial charge >= 0.3 is 0 Å². The number of amides is 1. The SMILES string of the molecule is Cc1ccc(N)cc1C(=O)N(C)C(C)c1ccncc1.Cl. The summed E-state index contributed by atoms with van der Waals surface area (Å²) in [7, 11) is 1.80. The monoisotopic (exact) mass is 305 g/mol. The van der Waals surface area contributed by atoms with Gasteiger partial charge in [0, 0.05) is 30.7 Å². The zero-order chi connectivity index (χ0) is 14.7. The standard InChI is InChI=1S/C16H19N3O.ClH/c1-11-4-5-14(17)10-15(11)16(20)19(3)12(2)13-6-8-18-9-7-13;/h4-10,12H,17H2,1-3H3;1H. The van der Waals surface area contributed by atoms with Crippen LogP contribution in [0.25, 0.3) is 0 Å². The van der Waals surface area contributed by atoms with Crippen molar-refractivity contribution in [3.05, 3.63) is 59.4 Å². The number of carbonyl (C=O) groups excluding carboxylic acids is 1. The highest BCUT2D eigenvalue weighted by Crippen LogP contribution is 2.22. The molecule has 1 heterocycles. The summed E-state index contributed by atoms with van der Waals surface area (Å²) >= 11 is 0. The second-order valence-electron chi connectivity index (χ2n) is 4.95. The number of benzene rings is 1. The zero-order valence-electron chi connectivity index (χ0n) is 12.4. The molecule has 0 aliphatic rings. The summed E-state index contributed by atoms with van der Waals surface area (Å²) in [5, 5.41) is 0. The average molecular weight is 306 g/mol. The van der Waals surface area contributed by atoms with Crippen molar-refractivity contribution in [3.8, 4) is 0 Å². The number of hydrogen-bond acceptors (Lipinski definition) is 3. The predicted molar refractivity (Wildman–Crippen MR) is 87.6 cm³/mol. The van der Waals surface area contributed by atoms with Gasteiger partial charge in [-0.2, -0.15) is 0 Å². The van der Waals surface area contributed by atoms with Crippen molar-refractivity contribution in [1.82, 2.24) is 9.88 Å². The van der Waals surface area contributed by atoms with Crippen molar-refractivity contribution >= 4 is 24.0 Å². The van der Waals surface area contributed by atoms with E-state index in [9.17, 15) is 4.79 Å². The number of halogens is 1. The third kappa shape index (κ3) is 3.73. The first-order valence-electron chi connectivity index (χ1n) is 6.54. The molecule has 1 amide bonds. The molecule has 112 valence electrons. The number of nitrogens with two attached hydrogens (primary N) is 1. The Morgan fingerprint density at radius 1 is 1.24 bits per heavy atom. The van der Waals surface area contributed by atoms with Gasteiger partial charge in [-0.25, -0.2) is 0 Å². The van der Waals surface area contributed by atoms with Crippen molar-refractivity contribution in [2.45, 2.75) is 19.9 Å². The lowest BCUT2D eigenvalue weighted by Crippen LogP contribution is -2.30. The lowest BCUT2D eigenvalue weighted by molar-refractivity contribution is 0.0742. The van der Waals surface area contributed by atoms with Crippen LogP contribution in [0.1, 0.15) is 34.5 Å². The van der Waals surface area contributed by atoms with Crippen LogP contribution < -0.4 is 5.73 Å². The van der Waals surface area contributed by atoms with E-state index in [0.717, 1.165) is 11.1 Å². The Labute approximate surface area is 131 Å². The number of rotatable bonds is 3. The number of aryl methyl sites for hydroxylation is 1. The van der Waals surface area contributed by atoms with Gasteiger partial charge in [0.1, 0.15) is 0 Å². The lowest BCUT2D eigenvalue weighted by Gasteiger charge is -2.26. The minimum atomic E-state index is -0.0286. The minimum absolute atomic E-state index is 0. The van der Waals surface area contributed by atoms with Crippen molar-refractivity contribution in [2.75, 3.05) is 12.8 Å². The van der Waals surface area contributed by atoms with Gasteiger partial charge in [0.15, 0.2) is 0 Å². The van der Waals surface area contributed by atoms with E-state index >= 15 is 0 Å². The summed E-state index contributed by atoms with van der Waals surface area (Å²) in [6.07, 6.45) is 3.46. The van der Waals surface area contributed by atoms with E-state index in [1.165, 1.54) is 0 Å². The first-order valence-corrected chi connectivity index (χ1v) is 6.54. The number of hydrogen-bond donors (Lipinski definition) is 1. The molecule has 1 aromatic heterocycles. The first kappa shape index (κ1) is 17.0. The zero-order valence-corrected chi connectivity index (χ0v) is 13.2. The summed E-state index contributed by atoms with van der Waals surface area (Å²) in [6.45, 7) is 3.91. The Balaban J connectivity index is 0.00000220. The molecule has 0 aliphatic carbocycles. The van der Waals surface area contributed by atoms with Crippen LogP contribution in [0.5, 0.6) is 0 Å². The molecule has 1 aromatic carbocycles. The fourth-order valence-electron chi connectivity index (χ4n) is 2.10. The van der Waals surface area contributed by atoms with E-state index in [-0.39, 0.29) is 24.4 Å². The second-order valence-corrected chi connectivity index (χ2v) is 4.95. The molecule has 0 aliphatic heterocycles. The topological polar surface area (TPSA) is 59.2 Å². The Morgan fingerprint density at radius 2 is 1.86 bits per heavy atom. The van der Waals surface area contributed by atoms with E-state index in [1.807, 2.05) is 32.0 Å². The summed E-state index contributed by atoms with van der Waals surface area (Å²) in [4.78, 5) is 18.3. The number of nitrogen functional groups attached to an aromatic ring is 1. The number of pyridine rings is 1. The molecule has 2 aromatic rings. The molecule has 1 atom stereocenters. The van der Waals surface area contributed by atoms with Crippen LogP contribution in [0.4, 0.5) is 5.69 Å². The van der Waals surface area contributed by atoms with Gasteiger partial charge in [-0.1, -0.05) is 6.07 Å². The van der Waals surface area contributed by atoms with Crippen LogP contribution in [0, 0.1) is 6.92 Å². The second kappa shape index (κ2) is 7.09. The first-order chi connectivity index (χ1) is 9.50. The highest BCUT2D eigenvalue weighted by Gasteiger charge is 2.20. The molecule has 0 spiro atoms. The molecular formula is C16H20ClN3O. The van der Waals surface area contributed by atoms with Crippen molar-refractivity contribution in [3.63, 3.8) is 0 Å². The Morgan fingerprint density at radius 3 is 2.48 bits per heavy atom. The maximum absolute atomic E-state index is 12.6. The molecular weight excluding hydrogens is 286 g/mol. The summed E-state index contributed by atoms with van der Waals surface area (Å²) in [6, 6.07) is 9.21. The third-order valence-corrected chi connectivity index (χ3v) is 3.58. The van der Waals surface area contributed by atoms with E-state index in [0.29, 0.717) is 11.3 Å². The van der Waals surface area contributed by atoms with E-state index in [2.05, 4.69) is 4.98 Å². The van der Waals surface area contributed by atoms with Crippen molar-refractivity contribution < 1.29 is 4.79 Å². The van der Waals surface area contributed by atoms with Crippen LogP contribution in [0.3, 0.4) is 0 Å². The van der Waals surface area contributed by atoms with Crippen LogP contribution >= 0.6 is 12.4 Å². The Hall–Kier alpha value is -2.07. The molecule has 0 bridgehead atoms. The van der Waals surface area contributed by atoms with Gasteiger partial charge in [0.25, 0.3) is 5.91 Å². The molecule has 0 fully saturated rings. The maximum Gasteiger partial charge on any atom is 0.254 e. The fourth-order valence-corrected chi connectivity index (χ4v) is 2.10. The van der Waals surface area contributed by atoms with Gasteiger partial charge in [-0.3, -0.25) is 9.78 Å². The maximum atomic E-state index is 12.6. The largest absolute Gasteiger partial charge is 0.399 e. The molecule has 21 heavy (non-hydrogen) atoms. The van der Waals surface area contributed by atoms with Crippen molar-refractivity contribution in [2.24, 2.45) is 0 Å². The molecule has 0 radical (unpaired) electrons. The fraction of sp³-hybridized carbons (Fsp3) is 0.250. The molecule has 0 saturated heterocycles. The van der Waals surface area contributed by atoms with Gasteiger partial charge in [-0.15, -0.1) is 12.4 Å². The van der Waals surface area contributed by atoms with Gasteiger partial charge in [0.2, 0.25) is 0 Å². The molecule has 1 unspecified atom stereocenters. The normalized spacial score (nSPS) is 11.4. The van der Waals surface area contributed by atoms with Gasteiger partial charge < -0.3 is 10.6 Å². The van der Waals surface area contributed by atoms with E-state index < -0.39 is 0 Å². The molecule has 5 heteroatoms. The minimum Gasteiger partial charge on any atom is -0.399 e. The number of nitrogens with zero attached hydrogens (tertiary/aromatic N) is 2. The Kier molecular flexibility index (Phi) is 5.73. The van der Waals surface area contributed by atoms with Crippen LogP contribution in [-0.2, 0) is 0 Å². The van der Waals surface area contributed by atoms with Gasteiger partial charge in [-0.05, 0) is 49.2 Å². The van der Waals surface area contributed by atoms with Crippen LogP contribution in [0.2, 0.25) is 0 Å². The predicted octanol–water partition coefficient (Wildman–Crippen LogP) is 3.23. The quantitative estimate of drug-likeness (QED) is 0.886. The molecule has 4 nitrogen and oxygen atoms in total.